The minimum atomic E-state index is 0.906. The first-order valence-corrected chi connectivity index (χ1v) is 4.21. The van der Waals surface area contributed by atoms with E-state index in [4.69, 9.17) is 4.74 Å². The first-order chi connectivity index (χ1) is 5.42. The molecule has 2 aromatic rings. The van der Waals surface area contributed by atoms with Gasteiger partial charge in [0.15, 0.2) is 0 Å². The fraction of sp³-hybridized carbons (Fsp3) is 0.111. The normalized spacial score (nSPS) is 10.3. The molecular weight excluding hydrogens is 156 g/mol. The van der Waals surface area contributed by atoms with Gasteiger partial charge < -0.3 is 4.74 Å². The molecule has 2 heteroatoms. The zero-order chi connectivity index (χ0) is 7.68. The summed E-state index contributed by atoms with van der Waals surface area (Å²) in [4.78, 5) is 0. The van der Waals surface area contributed by atoms with Crippen LogP contribution >= 0.6 is 11.3 Å². The quantitative estimate of drug-likeness (QED) is 0.628. The van der Waals surface area contributed by atoms with Gasteiger partial charge in [-0.1, -0.05) is 6.07 Å². The average molecular weight is 163 g/mol. The molecule has 0 saturated heterocycles. The van der Waals surface area contributed by atoms with Crippen LogP contribution in [0.25, 0.3) is 10.1 Å². The summed E-state index contributed by atoms with van der Waals surface area (Å²) in [5.41, 5.74) is 0. The van der Waals surface area contributed by atoms with Crippen molar-refractivity contribution in [3.8, 4) is 5.75 Å². The van der Waals surface area contributed by atoms with E-state index in [-0.39, 0.29) is 0 Å². The molecule has 11 heavy (non-hydrogen) atoms. The van der Waals surface area contributed by atoms with Crippen molar-refractivity contribution < 1.29 is 4.74 Å². The van der Waals surface area contributed by atoms with E-state index in [1.807, 2.05) is 17.5 Å². The molecule has 0 spiro atoms. The van der Waals surface area contributed by atoms with Gasteiger partial charge in [0.1, 0.15) is 5.75 Å². The molecular formula is C9H7OS. The number of ether oxygens (including phenoxy) is 1. The predicted molar refractivity (Wildman–Crippen MR) is 47.2 cm³/mol. The third kappa shape index (κ3) is 0.994. The van der Waals surface area contributed by atoms with Gasteiger partial charge >= 0.3 is 0 Å². The largest absolute Gasteiger partial charge is 0.496 e. The molecule has 0 atom stereocenters. The van der Waals surface area contributed by atoms with E-state index in [1.54, 1.807) is 18.4 Å². The molecule has 55 valence electrons. The zero-order valence-electron chi connectivity index (χ0n) is 6.13. The average Bonchev–Trinajstić information content (AvgIpc) is 2.50. The molecule has 0 aliphatic carbocycles. The van der Waals surface area contributed by atoms with Crippen LogP contribution in [0.3, 0.4) is 0 Å². The van der Waals surface area contributed by atoms with Crippen molar-refractivity contribution >= 4 is 21.4 Å². The Hall–Kier alpha value is -1.02. The Kier molecular flexibility index (Phi) is 1.55. The van der Waals surface area contributed by atoms with Crippen LogP contribution in [0.4, 0.5) is 0 Å². The fourth-order valence-electron chi connectivity index (χ4n) is 1.07. The van der Waals surface area contributed by atoms with E-state index in [2.05, 4.69) is 12.1 Å². The summed E-state index contributed by atoms with van der Waals surface area (Å²) < 4.78 is 6.39. The zero-order valence-corrected chi connectivity index (χ0v) is 6.94. The minimum Gasteiger partial charge on any atom is -0.496 e. The molecule has 0 aliphatic heterocycles. The van der Waals surface area contributed by atoms with E-state index >= 15 is 0 Å². The summed E-state index contributed by atoms with van der Waals surface area (Å²) in [6, 6.07) is 9.14. The number of fused-ring (bicyclic) bond motifs is 1. The van der Waals surface area contributed by atoms with Crippen molar-refractivity contribution in [3.05, 3.63) is 29.6 Å². The third-order valence-corrected chi connectivity index (χ3v) is 2.43. The van der Waals surface area contributed by atoms with E-state index in [0.717, 1.165) is 11.1 Å². The summed E-state index contributed by atoms with van der Waals surface area (Å²) in [5.74, 6) is 0.906. The molecule has 0 fully saturated rings. The van der Waals surface area contributed by atoms with Crippen LogP contribution in [0.5, 0.6) is 5.75 Å². The maximum Gasteiger partial charge on any atom is 0.128 e. The highest BCUT2D eigenvalue weighted by Crippen LogP contribution is 2.28. The van der Waals surface area contributed by atoms with Crippen molar-refractivity contribution in [2.45, 2.75) is 0 Å². The van der Waals surface area contributed by atoms with Gasteiger partial charge in [-0.2, -0.15) is 0 Å². The number of benzene rings is 1. The van der Waals surface area contributed by atoms with Gasteiger partial charge in [-0.3, -0.25) is 0 Å². The molecule has 1 aromatic carbocycles. The Labute approximate surface area is 69.2 Å². The standard InChI is InChI=1S/C9H7OS/c1-10-8-3-2-4-9-7(8)5-6-11-9/h2-4,6H,1H3. The van der Waals surface area contributed by atoms with Crippen LogP contribution in [0.1, 0.15) is 0 Å². The molecule has 0 bridgehead atoms. The third-order valence-electron chi connectivity index (χ3n) is 1.60. The van der Waals surface area contributed by atoms with Gasteiger partial charge in [0.2, 0.25) is 0 Å². The van der Waals surface area contributed by atoms with Crippen LogP contribution in [0, 0.1) is 6.07 Å². The van der Waals surface area contributed by atoms with Gasteiger partial charge in [0.25, 0.3) is 0 Å². The second-order valence-electron chi connectivity index (χ2n) is 2.21. The van der Waals surface area contributed by atoms with Crippen molar-refractivity contribution in [1.29, 1.82) is 0 Å². The second kappa shape index (κ2) is 2.55. The first kappa shape index (κ1) is 6.68. The van der Waals surface area contributed by atoms with Crippen LogP contribution in [-0.2, 0) is 0 Å². The van der Waals surface area contributed by atoms with Crippen molar-refractivity contribution in [2.75, 3.05) is 7.11 Å². The highest BCUT2D eigenvalue weighted by molar-refractivity contribution is 7.17. The summed E-state index contributed by atoms with van der Waals surface area (Å²) >= 11 is 1.68. The Morgan fingerprint density at radius 3 is 3.18 bits per heavy atom. The Morgan fingerprint density at radius 1 is 1.45 bits per heavy atom. The van der Waals surface area contributed by atoms with Crippen LogP contribution in [0.15, 0.2) is 23.6 Å². The molecule has 0 saturated carbocycles. The van der Waals surface area contributed by atoms with Crippen molar-refractivity contribution in [1.82, 2.24) is 0 Å². The van der Waals surface area contributed by atoms with E-state index in [1.165, 1.54) is 4.70 Å². The molecule has 0 unspecified atom stereocenters. The maximum absolute atomic E-state index is 5.16. The smallest absolute Gasteiger partial charge is 0.128 e. The lowest BCUT2D eigenvalue weighted by molar-refractivity contribution is 0.420. The number of hydrogen-bond acceptors (Lipinski definition) is 2. The van der Waals surface area contributed by atoms with Gasteiger partial charge in [0, 0.05) is 16.2 Å². The molecule has 1 aromatic heterocycles. The van der Waals surface area contributed by atoms with Crippen LogP contribution in [0.2, 0.25) is 0 Å². The summed E-state index contributed by atoms with van der Waals surface area (Å²) in [5, 5.41) is 3.03. The predicted octanol–water partition coefficient (Wildman–Crippen LogP) is 2.71. The highest BCUT2D eigenvalue weighted by atomic mass is 32.1. The molecule has 0 aliphatic rings. The molecule has 2 rings (SSSR count). The Morgan fingerprint density at radius 2 is 2.36 bits per heavy atom. The first-order valence-electron chi connectivity index (χ1n) is 3.33. The molecule has 1 radical (unpaired) electrons. The number of hydrogen-bond donors (Lipinski definition) is 0. The molecule has 0 amide bonds. The maximum atomic E-state index is 5.16. The van der Waals surface area contributed by atoms with Gasteiger partial charge in [0.05, 0.1) is 7.11 Å². The Balaban J connectivity index is 2.79. The molecule has 0 N–H and O–H groups in total. The fourth-order valence-corrected chi connectivity index (χ4v) is 1.81. The lowest BCUT2D eigenvalue weighted by atomic mass is 10.2. The Bertz CT molecular complexity index is 364. The number of rotatable bonds is 1. The topological polar surface area (TPSA) is 9.23 Å². The van der Waals surface area contributed by atoms with E-state index in [9.17, 15) is 0 Å². The van der Waals surface area contributed by atoms with Crippen molar-refractivity contribution in [3.63, 3.8) is 0 Å². The number of thiophene rings is 1. The highest BCUT2D eigenvalue weighted by Gasteiger charge is 1.99. The summed E-state index contributed by atoms with van der Waals surface area (Å²) in [6.45, 7) is 0. The molecule has 1 heterocycles. The van der Waals surface area contributed by atoms with Crippen LogP contribution in [-0.4, -0.2) is 7.11 Å². The summed E-state index contributed by atoms with van der Waals surface area (Å²) in [6.07, 6.45) is 0. The van der Waals surface area contributed by atoms with Crippen LogP contribution < -0.4 is 4.74 Å². The lowest BCUT2D eigenvalue weighted by Crippen LogP contribution is -1.81. The SMILES string of the molecule is COc1cccc2sc[c]c12. The summed E-state index contributed by atoms with van der Waals surface area (Å²) in [7, 11) is 1.68. The lowest BCUT2D eigenvalue weighted by Gasteiger charge is -1.98. The van der Waals surface area contributed by atoms with Gasteiger partial charge in [-0.25, -0.2) is 0 Å². The molecule has 1 nitrogen and oxygen atoms in total. The van der Waals surface area contributed by atoms with Gasteiger partial charge in [-0.15, -0.1) is 11.3 Å². The second-order valence-corrected chi connectivity index (χ2v) is 3.12. The van der Waals surface area contributed by atoms with E-state index in [0.29, 0.717) is 0 Å². The minimum absolute atomic E-state index is 0.906. The number of methoxy groups -OCH3 is 1. The van der Waals surface area contributed by atoms with E-state index < -0.39 is 0 Å². The monoisotopic (exact) mass is 163 g/mol. The van der Waals surface area contributed by atoms with Gasteiger partial charge in [-0.05, 0) is 17.5 Å². The van der Waals surface area contributed by atoms with Crippen molar-refractivity contribution in [2.24, 2.45) is 0 Å².